The zero-order valence-electron chi connectivity index (χ0n) is 13.9. The van der Waals surface area contributed by atoms with Crippen molar-refractivity contribution in [3.8, 4) is 0 Å². The van der Waals surface area contributed by atoms with E-state index in [1.165, 1.54) is 7.05 Å². The number of ether oxygens (including phenoxy) is 1. The van der Waals surface area contributed by atoms with Crippen LogP contribution in [0.5, 0.6) is 0 Å². The summed E-state index contributed by atoms with van der Waals surface area (Å²) in [6.45, 7) is 0.929. The Kier molecular flexibility index (Phi) is 5.11. The smallest absolute Gasteiger partial charge is 0.261 e. The molecule has 0 spiro atoms. The van der Waals surface area contributed by atoms with Gasteiger partial charge in [0.15, 0.2) is 0 Å². The number of hydrogen-bond donors (Lipinski definition) is 2. The van der Waals surface area contributed by atoms with Crippen LogP contribution >= 0.6 is 0 Å². The quantitative estimate of drug-likeness (QED) is 0.753. The molecule has 0 bridgehead atoms. The standard InChI is InChI=1S/C19H20N2O4/c1-21-18(23)16-8-7-14(9-17(16)19(21)24)20-10-15(22)12-25-11-13-5-3-2-4-6-13/h2-9,15,20,22H,10-12H2,1H3. The van der Waals surface area contributed by atoms with Crippen molar-refractivity contribution in [2.75, 3.05) is 25.5 Å². The molecule has 0 aromatic heterocycles. The van der Waals surface area contributed by atoms with Crippen LogP contribution in [0.3, 0.4) is 0 Å². The van der Waals surface area contributed by atoms with E-state index >= 15 is 0 Å². The molecule has 2 N–H and O–H groups in total. The van der Waals surface area contributed by atoms with Crippen LogP contribution in [0.2, 0.25) is 0 Å². The van der Waals surface area contributed by atoms with E-state index in [9.17, 15) is 14.7 Å². The number of imide groups is 1. The van der Waals surface area contributed by atoms with Gasteiger partial charge in [-0.2, -0.15) is 0 Å². The van der Waals surface area contributed by atoms with E-state index in [1.54, 1.807) is 18.2 Å². The molecule has 0 fully saturated rings. The van der Waals surface area contributed by atoms with Crippen molar-refractivity contribution in [2.45, 2.75) is 12.7 Å². The Labute approximate surface area is 146 Å². The van der Waals surface area contributed by atoms with Crippen LogP contribution in [0.4, 0.5) is 5.69 Å². The van der Waals surface area contributed by atoms with Gasteiger partial charge in [-0.3, -0.25) is 14.5 Å². The Morgan fingerprint density at radius 2 is 1.80 bits per heavy atom. The summed E-state index contributed by atoms with van der Waals surface area (Å²) in [6.07, 6.45) is -0.683. The molecular formula is C19H20N2O4. The first-order chi connectivity index (χ1) is 12.1. The highest BCUT2D eigenvalue weighted by Crippen LogP contribution is 2.24. The number of nitrogens with one attached hydrogen (secondary N) is 1. The van der Waals surface area contributed by atoms with Crippen molar-refractivity contribution in [3.63, 3.8) is 0 Å². The second-order valence-electron chi connectivity index (χ2n) is 5.97. The van der Waals surface area contributed by atoms with E-state index in [0.717, 1.165) is 10.5 Å². The molecule has 1 aliphatic rings. The van der Waals surface area contributed by atoms with Crippen molar-refractivity contribution in [1.82, 2.24) is 4.90 Å². The highest BCUT2D eigenvalue weighted by Gasteiger charge is 2.32. The number of carbonyl (C=O) groups excluding carboxylic acids is 2. The maximum atomic E-state index is 12.0. The minimum Gasteiger partial charge on any atom is -0.389 e. The van der Waals surface area contributed by atoms with Gasteiger partial charge in [0.05, 0.1) is 30.4 Å². The molecule has 0 saturated heterocycles. The number of hydrogen-bond acceptors (Lipinski definition) is 5. The van der Waals surface area contributed by atoms with Crippen molar-refractivity contribution in [1.29, 1.82) is 0 Å². The summed E-state index contributed by atoms with van der Waals surface area (Å²) in [5, 5.41) is 13.1. The lowest BCUT2D eigenvalue weighted by Gasteiger charge is -2.13. The van der Waals surface area contributed by atoms with Gasteiger partial charge in [-0.25, -0.2) is 0 Å². The van der Waals surface area contributed by atoms with Gasteiger partial charge in [0.2, 0.25) is 0 Å². The van der Waals surface area contributed by atoms with Gasteiger partial charge in [0, 0.05) is 19.3 Å². The van der Waals surface area contributed by atoms with Gasteiger partial charge in [0.25, 0.3) is 11.8 Å². The van der Waals surface area contributed by atoms with E-state index in [4.69, 9.17) is 4.74 Å². The molecule has 2 amide bonds. The first-order valence-corrected chi connectivity index (χ1v) is 8.06. The number of nitrogens with zero attached hydrogens (tertiary/aromatic N) is 1. The van der Waals surface area contributed by atoms with Gasteiger partial charge >= 0.3 is 0 Å². The fourth-order valence-electron chi connectivity index (χ4n) is 2.65. The third-order valence-corrected chi connectivity index (χ3v) is 4.05. The first kappa shape index (κ1) is 17.1. The Hall–Kier alpha value is -2.70. The van der Waals surface area contributed by atoms with Gasteiger partial charge in [-0.05, 0) is 23.8 Å². The Bertz CT molecular complexity index is 776. The zero-order valence-corrected chi connectivity index (χ0v) is 13.9. The van der Waals surface area contributed by atoms with Crippen LogP contribution in [0, 0.1) is 0 Å². The lowest BCUT2D eigenvalue weighted by Crippen LogP contribution is -2.25. The fourth-order valence-corrected chi connectivity index (χ4v) is 2.65. The van der Waals surface area contributed by atoms with Crippen LogP contribution in [0.15, 0.2) is 48.5 Å². The molecular weight excluding hydrogens is 320 g/mol. The number of carbonyl (C=O) groups is 2. The lowest BCUT2D eigenvalue weighted by molar-refractivity contribution is 0.0348. The van der Waals surface area contributed by atoms with E-state index < -0.39 is 6.10 Å². The highest BCUT2D eigenvalue weighted by atomic mass is 16.5. The third-order valence-electron chi connectivity index (χ3n) is 4.05. The Morgan fingerprint density at radius 1 is 1.08 bits per heavy atom. The van der Waals surface area contributed by atoms with Crippen LogP contribution in [0.1, 0.15) is 26.3 Å². The molecule has 25 heavy (non-hydrogen) atoms. The van der Waals surface area contributed by atoms with Gasteiger partial charge in [0.1, 0.15) is 0 Å². The predicted molar refractivity (Wildman–Crippen MR) is 93.5 cm³/mol. The molecule has 1 aliphatic heterocycles. The highest BCUT2D eigenvalue weighted by molar-refractivity contribution is 6.21. The molecule has 0 radical (unpaired) electrons. The molecule has 1 heterocycles. The molecule has 2 aromatic rings. The molecule has 6 nitrogen and oxygen atoms in total. The second kappa shape index (κ2) is 7.46. The maximum absolute atomic E-state index is 12.0. The van der Waals surface area contributed by atoms with Crippen LogP contribution in [-0.2, 0) is 11.3 Å². The fraction of sp³-hybridized carbons (Fsp3) is 0.263. The largest absolute Gasteiger partial charge is 0.389 e. The maximum Gasteiger partial charge on any atom is 0.261 e. The minimum atomic E-state index is -0.683. The molecule has 1 unspecified atom stereocenters. The normalized spacial score (nSPS) is 14.6. The predicted octanol–water partition coefficient (Wildman–Crippen LogP) is 1.90. The molecule has 130 valence electrons. The SMILES string of the molecule is CN1C(=O)c2ccc(NCC(O)COCc3ccccc3)cc2C1=O. The summed E-state index contributed by atoms with van der Waals surface area (Å²) in [5.41, 5.74) is 2.52. The van der Waals surface area contributed by atoms with Gasteiger partial charge in [-0.1, -0.05) is 30.3 Å². The lowest BCUT2D eigenvalue weighted by atomic mass is 10.1. The Balaban J connectivity index is 1.49. The van der Waals surface area contributed by atoms with Crippen LogP contribution in [0.25, 0.3) is 0 Å². The number of amides is 2. The molecule has 1 atom stereocenters. The van der Waals surface area contributed by atoms with Crippen LogP contribution in [-0.4, -0.2) is 48.1 Å². The van der Waals surface area contributed by atoms with Gasteiger partial charge in [-0.15, -0.1) is 0 Å². The second-order valence-corrected chi connectivity index (χ2v) is 5.97. The zero-order chi connectivity index (χ0) is 17.8. The van der Waals surface area contributed by atoms with Crippen molar-refractivity contribution < 1.29 is 19.4 Å². The van der Waals surface area contributed by atoms with E-state index in [0.29, 0.717) is 23.4 Å². The molecule has 0 saturated carbocycles. The van der Waals surface area contributed by atoms with Gasteiger partial charge < -0.3 is 15.2 Å². The number of fused-ring (bicyclic) bond motifs is 1. The summed E-state index contributed by atoms with van der Waals surface area (Å²) < 4.78 is 5.49. The van der Waals surface area contributed by atoms with Crippen molar-refractivity contribution >= 4 is 17.5 Å². The average molecular weight is 340 g/mol. The molecule has 3 rings (SSSR count). The summed E-state index contributed by atoms with van der Waals surface area (Å²) in [6, 6.07) is 14.7. The number of rotatable bonds is 7. The summed E-state index contributed by atoms with van der Waals surface area (Å²) in [5.74, 6) is -0.601. The molecule has 0 aliphatic carbocycles. The first-order valence-electron chi connectivity index (χ1n) is 8.06. The number of benzene rings is 2. The summed E-state index contributed by atoms with van der Waals surface area (Å²) in [4.78, 5) is 24.9. The third kappa shape index (κ3) is 3.87. The van der Waals surface area contributed by atoms with E-state index in [1.807, 2.05) is 30.3 Å². The summed E-state index contributed by atoms with van der Waals surface area (Å²) >= 11 is 0. The summed E-state index contributed by atoms with van der Waals surface area (Å²) in [7, 11) is 1.46. The van der Waals surface area contributed by atoms with Crippen LogP contribution < -0.4 is 5.32 Å². The molecule has 6 heteroatoms. The van der Waals surface area contributed by atoms with Crippen molar-refractivity contribution in [3.05, 3.63) is 65.2 Å². The average Bonchev–Trinajstić information content (AvgIpc) is 2.85. The number of aliphatic hydroxyl groups is 1. The minimum absolute atomic E-state index is 0.201. The topological polar surface area (TPSA) is 78.9 Å². The monoisotopic (exact) mass is 340 g/mol. The van der Waals surface area contributed by atoms with E-state index in [-0.39, 0.29) is 25.0 Å². The number of anilines is 1. The van der Waals surface area contributed by atoms with Crippen molar-refractivity contribution in [2.24, 2.45) is 0 Å². The molecule has 2 aromatic carbocycles. The van der Waals surface area contributed by atoms with E-state index in [2.05, 4.69) is 5.32 Å². The Morgan fingerprint density at radius 3 is 2.56 bits per heavy atom. The number of aliphatic hydroxyl groups excluding tert-OH is 1.